The highest BCUT2D eigenvalue weighted by Crippen LogP contribution is 2.31. The summed E-state index contributed by atoms with van der Waals surface area (Å²) in [6.07, 6.45) is 0. The van der Waals surface area contributed by atoms with Crippen molar-refractivity contribution >= 4 is 16.8 Å². The van der Waals surface area contributed by atoms with Crippen molar-refractivity contribution < 1.29 is 19.0 Å². The van der Waals surface area contributed by atoms with E-state index in [-0.39, 0.29) is 18.0 Å². The first-order valence-corrected chi connectivity index (χ1v) is 9.11. The first-order chi connectivity index (χ1) is 13.9. The van der Waals surface area contributed by atoms with E-state index >= 15 is 0 Å². The Balaban J connectivity index is 1.91. The van der Waals surface area contributed by atoms with Gasteiger partial charge in [-0.25, -0.2) is 0 Å². The molecule has 0 spiro atoms. The quantitative estimate of drug-likeness (QED) is 0.664. The molecule has 0 aliphatic carbocycles. The van der Waals surface area contributed by atoms with Gasteiger partial charge in [0.2, 0.25) is 5.91 Å². The number of rotatable bonds is 7. The number of amides is 1. The van der Waals surface area contributed by atoms with Crippen LogP contribution < -0.4 is 19.8 Å². The number of carbonyl (C=O) groups excluding carboxylic acids is 1. The van der Waals surface area contributed by atoms with Crippen LogP contribution in [0.3, 0.4) is 0 Å². The molecular formula is C22H24N2O5. The zero-order chi connectivity index (χ0) is 21.0. The zero-order valence-corrected chi connectivity index (χ0v) is 16.9. The Morgan fingerprint density at radius 2 is 1.59 bits per heavy atom. The highest BCUT2D eigenvalue weighted by atomic mass is 16.5. The lowest BCUT2D eigenvalue weighted by Gasteiger charge is -2.21. The van der Waals surface area contributed by atoms with E-state index in [1.165, 1.54) is 6.92 Å². The summed E-state index contributed by atoms with van der Waals surface area (Å²) in [7, 11) is 4.70. The molecule has 7 heteroatoms. The number of fused-ring (bicyclic) bond motifs is 1. The number of benzene rings is 2. The lowest BCUT2D eigenvalue weighted by molar-refractivity contribution is -0.130. The lowest BCUT2D eigenvalue weighted by Crippen LogP contribution is -2.30. The molecule has 1 N–H and O–H groups in total. The van der Waals surface area contributed by atoms with Gasteiger partial charge < -0.3 is 24.1 Å². The van der Waals surface area contributed by atoms with Gasteiger partial charge in [-0.1, -0.05) is 12.1 Å². The fourth-order valence-electron chi connectivity index (χ4n) is 3.13. The van der Waals surface area contributed by atoms with Crippen LogP contribution in [-0.4, -0.2) is 37.1 Å². The van der Waals surface area contributed by atoms with Gasteiger partial charge in [0.25, 0.3) is 5.56 Å². The number of hydrogen-bond donors (Lipinski definition) is 1. The van der Waals surface area contributed by atoms with Crippen LogP contribution in [-0.2, 0) is 17.9 Å². The molecule has 0 aliphatic rings. The summed E-state index contributed by atoms with van der Waals surface area (Å²) < 4.78 is 15.8. The standard InChI is InChI=1S/C22H24N2O5/c1-14(25)24(12-15-5-7-18(27-2)8-6-15)13-17-9-16-10-20(28-3)21(29-4)11-19(16)23-22(17)26/h5-11H,12-13H2,1-4H3,(H,23,26). The molecule has 0 saturated heterocycles. The largest absolute Gasteiger partial charge is 0.497 e. The molecule has 0 atom stereocenters. The van der Waals surface area contributed by atoms with Gasteiger partial charge in [-0.2, -0.15) is 0 Å². The number of aromatic amines is 1. The van der Waals surface area contributed by atoms with E-state index in [0.29, 0.717) is 29.1 Å². The summed E-state index contributed by atoms with van der Waals surface area (Å²) in [6.45, 7) is 2.08. The Kier molecular flexibility index (Phi) is 6.07. The second-order valence-corrected chi connectivity index (χ2v) is 6.64. The summed E-state index contributed by atoms with van der Waals surface area (Å²) in [5.41, 5.74) is 1.84. The van der Waals surface area contributed by atoms with Crippen LogP contribution in [0.4, 0.5) is 0 Å². The number of aromatic nitrogens is 1. The minimum atomic E-state index is -0.245. The fraction of sp³-hybridized carbons (Fsp3) is 0.273. The molecule has 3 rings (SSSR count). The molecule has 29 heavy (non-hydrogen) atoms. The van der Waals surface area contributed by atoms with Crippen molar-refractivity contribution in [2.45, 2.75) is 20.0 Å². The monoisotopic (exact) mass is 396 g/mol. The average Bonchev–Trinajstić information content (AvgIpc) is 2.73. The normalized spacial score (nSPS) is 10.6. The van der Waals surface area contributed by atoms with E-state index < -0.39 is 0 Å². The zero-order valence-electron chi connectivity index (χ0n) is 16.9. The van der Waals surface area contributed by atoms with Crippen LogP contribution in [0.15, 0.2) is 47.3 Å². The van der Waals surface area contributed by atoms with Crippen LogP contribution in [0.2, 0.25) is 0 Å². The van der Waals surface area contributed by atoms with Crippen molar-refractivity contribution in [2.24, 2.45) is 0 Å². The topological polar surface area (TPSA) is 80.9 Å². The first-order valence-electron chi connectivity index (χ1n) is 9.11. The van der Waals surface area contributed by atoms with E-state index in [0.717, 1.165) is 16.7 Å². The predicted molar refractivity (Wildman–Crippen MR) is 111 cm³/mol. The van der Waals surface area contributed by atoms with Crippen LogP contribution in [0.1, 0.15) is 18.1 Å². The van der Waals surface area contributed by atoms with E-state index in [1.54, 1.807) is 44.4 Å². The van der Waals surface area contributed by atoms with Crippen molar-refractivity contribution in [1.82, 2.24) is 9.88 Å². The van der Waals surface area contributed by atoms with E-state index in [1.807, 2.05) is 24.3 Å². The number of pyridine rings is 1. The summed E-state index contributed by atoms with van der Waals surface area (Å²) in [4.78, 5) is 29.3. The molecule has 0 saturated carbocycles. The van der Waals surface area contributed by atoms with Crippen molar-refractivity contribution in [1.29, 1.82) is 0 Å². The molecule has 0 radical (unpaired) electrons. The number of nitrogens with zero attached hydrogens (tertiary/aromatic N) is 1. The van der Waals surface area contributed by atoms with E-state index in [9.17, 15) is 9.59 Å². The third kappa shape index (κ3) is 4.51. The maximum Gasteiger partial charge on any atom is 0.253 e. The molecule has 0 aliphatic heterocycles. The Hall–Kier alpha value is -3.48. The highest BCUT2D eigenvalue weighted by Gasteiger charge is 2.15. The molecule has 2 aromatic carbocycles. The van der Waals surface area contributed by atoms with Crippen molar-refractivity contribution in [3.05, 3.63) is 63.9 Å². The molecule has 152 valence electrons. The number of carbonyl (C=O) groups is 1. The number of methoxy groups -OCH3 is 3. The molecule has 3 aromatic rings. The summed E-state index contributed by atoms with van der Waals surface area (Å²) in [5, 5.41) is 0.796. The molecule has 1 amide bonds. The predicted octanol–water partition coefficient (Wildman–Crippen LogP) is 3.10. The molecule has 0 bridgehead atoms. The Morgan fingerprint density at radius 1 is 0.931 bits per heavy atom. The smallest absolute Gasteiger partial charge is 0.253 e. The van der Waals surface area contributed by atoms with Gasteiger partial charge in [0.05, 0.1) is 33.4 Å². The number of H-pyrrole nitrogens is 1. The van der Waals surface area contributed by atoms with Crippen LogP contribution >= 0.6 is 0 Å². The Morgan fingerprint density at radius 3 is 2.17 bits per heavy atom. The molecule has 1 heterocycles. The third-order valence-electron chi connectivity index (χ3n) is 4.76. The third-order valence-corrected chi connectivity index (χ3v) is 4.76. The lowest BCUT2D eigenvalue weighted by atomic mass is 10.1. The molecule has 0 unspecified atom stereocenters. The van der Waals surface area contributed by atoms with Crippen molar-refractivity contribution in [3.8, 4) is 17.2 Å². The number of nitrogens with one attached hydrogen (secondary N) is 1. The molecule has 0 fully saturated rings. The van der Waals surface area contributed by atoms with Crippen LogP contribution in [0.25, 0.3) is 10.9 Å². The van der Waals surface area contributed by atoms with Gasteiger partial charge in [0.15, 0.2) is 11.5 Å². The Bertz CT molecular complexity index is 1070. The summed E-state index contributed by atoms with van der Waals surface area (Å²) in [5.74, 6) is 1.74. The maximum atomic E-state index is 12.6. The number of hydrogen-bond acceptors (Lipinski definition) is 5. The fourth-order valence-corrected chi connectivity index (χ4v) is 3.13. The van der Waals surface area contributed by atoms with Crippen molar-refractivity contribution in [3.63, 3.8) is 0 Å². The number of ether oxygens (including phenoxy) is 3. The van der Waals surface area contributed by atoms with Crippen molar-refractivity contribution in [2.75, 3.05) is 21.3 Å². The second kappa shape index (κ2) is 8.68. The van der Waals surface area contributed by atoms with Gasteiger partial charge in [0, 0.05) is 30.5 Å². The maximum absolute atomic E-state index is 12.6. The van der Waals surface area contributed by atoms with E-state index in [4.69, 9.17) is 14.2 Å². The first kappa shape index (κ1) is 20.3. The van der Waals surface area contributed by atoms with Gasteiger partial charge in [0.1, 0.15) is 5.75 Å². The Labute approximate surface area is 168 Å². The molecule has 1 aromatic heterocycles. The summed E-state index contributed by atoms with van der Waals surface area (Å²) >= 11 is 0. The highest BCUT2D eigenvalue weighted by molar-refractivity contribution is 5.83. The minimum Gasteiger partial charge on any atom is -0.497 e. The second-order valence-electron chi connectivity index (χ2n) is 6.64. The molecule has 7 nitrogen and oxygen atoms in total. The van der Waals surface area contributed by atoms with Gasteiger partial charge in [-0.3, -0.25) is 9.59 Å². The van der Waals surface area contributed by atoms with Gasteiger partial charge in [-0.05, 0) is 29.8 Å². The SMILES string of the molecule is COc1ccc(CN(Cc2cc3cc(OC)c(OC)cc3[nH]c2=O)C(C)=O)cc1. The molecular weight excluding hydrogens is 372 g/mol. The van der Waals surface area contributed by atoms with Gasteiger partial charge >= 0.3 is 0 Å². The minimum absolute atomic E-state index is 0.118. The van der Waals surface area contributed by atoms with Crippen LogP contribution in [0.5, 0.6) is 17.2 Å². The van der Waals surface area contributed by atoms with Crippen LogP contribution in [0, 0.1) is 0 Å². The van der Waals surface area contributed by atoms with Gasteiger partial charge in [-0.15, -0.1) is 0 Å². The van der Waals surface area contributed by atoms with E-state index in [2.05, 4.69) is 4.98 Å². The average molecular weight is 396 g/mol. The summed E-state index contributed by atoms with van der Waals surface area (Å²) in [6, 6.07) is 12.8.